The molecule has 1 aromatic carbocycles. The average molecular weight is 283 g/mol. The molecule has 3 rings (SSSR count). The highest BCUT2D eigenvalue weighted by Gasteiger charge is 2.08. The number of nitrogens with one attached hydrogen (secondary N) is 1. The summed E-state index contributed by atoms with van der Waals surface area (Å²) >= 11 is 0. The first-order valence-electron chi connectivity index (χ1n) is 7.28. The second-order valence-corrected chi connectivity index (χ2v) is 5.69. The van der Waals surface area contributed by atoms with Crippen LogP contribution < -0.4 is 5.32 Å². The number of benzene rings is 1. The second-order valence-electron chi connectivity index (χ2n) is 5.69. The summed E-state index contributed by atoms with van der Waals surface area (Å²) < 4.78 is 4.17. The number of hydrogen-bond donors (Lipinski definition) is 1. The van der Waals surface area contributed by atoms with Crippen LogP contribution in [0.4, 0.5) is 0 Å². The Balaban J connectivity index is 1.91. The van der Waals surface area contributed by atoms with E-state index in [1.807, 2.05) is 11.6 Å². The highest BCUT2D eigenvalue weighted by atomic mass is 15.3. The van der Waals surface area contributed by atoms with Gasteiger partial charge in [0.1, 0.15) is 6.33 Å². The molecule has 0 unspecified atom stereocenters. The van der Waals surface area contributed by atoms with Gasteiger partial charge in [0, 0.05) is 36.7 Å². The summed E-state index contributed by atoms with van der Waals surface area (Å²) in [6.07, 6.45) is 3.86. The molecule has 0 spiro atoms. The van der Waals surface area contributed by atoms with Crippen molar-refractivity contribution >= 4 is 10.9 Å². The van der Waals surface area contributed by atoms with Crippen molar-refractivity contribution in [3.8, 4) is 0 Å². The minimum atomic E-state index is 0.487. The fourth-order valence-corrected chi connectivity index (χ4v) is 2.50. The van der Waals surface area contributed by atoms with Gasteiger partial charge in [-0.1, -0.05) is 26.0 Å². The van der Waals surface area contributed by atoms with E-state index in [4.69, 9.17) is 0 Å². The normalized spacial score (nSPS) is 11.6. The van der Waals surface area contributed by atoms with Gasteiger partial charge in [0.05, 0.1) is 6.54 Å². The first-order chi connectivity index (χ1) is 10.1. The summed E-state index contributed by atoms with van der Waals surface area (Å²) in [5.74, 6) is 0.957. The molecule has 0 fully saturated rings. The molecule has 110 valence electrons. The number of aromatic nitrogens is 4. The molecule has 0 aliphatic carbocycles. The van der Waals surface area contributed by atoms with Crippen molar-refractivity contribution < 1.29 is 0 Å². The standard InChI is InChI=1S/C16H21N5/c1-12(2)17-9-13-5-4-6-15-14(13)7-8-21(15)10-16-19-18-11-20(16)3/h4-8,11-12,17H,9-10H2,1-3H3. The molecule has 5 nitrogen and oxygen atoms in total. The van der Waals surface area contributed by atoms with Crippen LogP contribution in [0.5, 0.6) is 0 Å². The third-order valence-electron chi connectivity index (χ3n) is 3.72. The van der Waals surface area contributed by atoms with E-state index in [0.717, 1.165) is 18.9 Å². The second kappa shape index (κ2) is 5.69. The predicted molar refractivity (Wildman–Crippen MR) is 84.0 cm³/mol. The molecule has 0 aliphatic heterocycles. The van der Waals surface area contributed by atoms with Crippen molar-refractivity contribution in [1.29, 1.82) is 0 Å². The van der Waals surface area contributed by atoms with Crippen LogP contribution in [-0.4, -0.2) is 25.4 Å². The lowest BCUT2D eigenvalue weighted by Gasteiger charge is -2.10. The first kappa shape index (κ1) is 13.8. The molecular weight excluding hydrogens is 262 g/mol. The average Bonchev–Trinajstić information content (AvgIpc) is 3.05. The van der Waals surface area contributed by atoms with Crippen LogP contribution >= 0.6 is 0 Å². The molecule has 1 N–H and O–H groups in total. The summed E-state index contributed by atoms with van der Waals surface area (Å²) in [5, 5.41) is 12.9. The first-order valence-corrected chi connectivity index (χ1v) is 7.28. The number of rotatable bonds is 5. The summed E-state index contributed by atoms with van der Waals surface area (Å²) in [5.41, 5.74) is 2.57. The predicted octanol–water partition coefficient (Wildman–Crippen LogP) is 2.32. The van der Waals surface area contributed by atoms with Crippen molar-refractivity contribution in [3.63, 3.8) is 0 Å². The van der Waals surface area contributed by atoms with Crippen LogP contribution in [0.15, 0.2) is 36.8 Å². The summed E-state index contributed by atoms with van der Waals surface area (Å²) in [4.78, 5) is 0. The maximum atomic E-state index is 4.16. The van der Waals surface area contributed by atoms with Gasteiger partial charge in [-0.05, 0) is 17.7 Å². The minimum absolute atomic E-state index is 0.487. The minimum Gasteiger partial charge on any atom is -0.340 e. The number of hydrogen-bond acceptors (Lipinski definition) is 3. The molecule has 0 aliphatic rings. The highest BCUT2D eigenvalue weighted by Crippen LogP contribution is 2.21. The third kappa shape index (κ3) is 2.83. The van der Waals surface area contributed by atoms with Crippen LogP contribution in [0.2, 0.25) is 0 Å². The van der Waals surface area contributed by atoms with E-state index < -0.39 is 0 Å². The van der Waals surface area contributed by atoms with Crippen molar-refractivity contribution in [2.24, 2.45) is 7.05 Å². The van der Waals surface area contributed by atoms with Gasteiger partial charge in [0.2, 0.25) is 0 Å². The van der Waals surface area contributed by atoms with Crippen LogP contribution in [0, 0.1) is 0 Å². The zero-order chi connectivity index (χ0) is 14.8. The van der Waals surface area contributed by atoms with Gasteiger partial charge in [0.15, 0.2) is 5.82 Å². The molecule has 21 heavy (non-hydrogen) atoms. The Morgan fingerprint density at radius 3 is 2.81 bits per heavy atom. The van der Waals surface area contributed by atoms with Gasteiger partial charge in [-0.2, -0.15) is 0 Å². The van der Waals surface area contributed by atoms with Crippen LogP contribution in [0.1, 0.15) is 25.2 Å². The van der Waals surface area contributed by atoms with Gasteiger partial charge in [-0.15, -0.1) is 10.2 Å². The fraction of sp³-hybridized carbons (Fsp3) is 0.375. The maximum Gasteiger partial charge on any atom is 0.152 e. The monoisotopic (exact) mass is 283 g/mol. The summed E-state index contributed by atoms with van der Waals surface area (Å²) in [7, 11) is 1.97. The molecule has 5 heteroatoms. The SMILES string of the molecule is CC(C)NCc1cccc2c1ccn2Cc1nncn1C. The van der Waals surface area contributed by atoms with Gasteiger partial charge in [-0.25, -0.2) is 0 Å². The number of fused-ring (bicyclic) bond motifs is 1. The van der Waals surface area contributed by atoms with E-state index in [0.29, 0.717) is 6.04 Å². The van der Waals surface area contributed by atoms with Crippen molar-refractivity contribution in [2.45, 2.75) is 33.0 Å². The summed E-state index contributed by atoms with van der Waals surface area (Å²) in [6, 6.07) is 9.13. The molecule has 0 atom stereocenters. The van der Waals surface area contributed by atoms with E-state index in [1.54, 1.807) is 6.33 Å². The molecule has 2 aromatic heterocycles. The van der Waals surface area contributed by atoms with Crippen LogP contribution in [0.25, 0.3) is 10.9 Å². The Bertz CT molecular complexity index is 738. The Kier molecular flexibility index (Phi) is 3.75. The van der Waals surface area contributed by atoms with Crippen LogP contribution in [-0.2, 0) is 20.1 Å². The topological polar surface area (TPSA) is 47.7 Å². The van der Waals surface area contributed by atoms with Gasteiger partial charge in [-0.3, -0.25) is 0 Å². The van der Waals surface area contributed by atoms with E-state index in [1.165, 1.54) is 16.5 Å². The van der Waals surface area contributed by atoms with Gasteiger partial charge < -0.3 is 14.5 Å². The Hall–Kier alpha value is -2.14. The highest BCUT2D eigenvalue weighted by molar-refractivity contribution is 5.83. The van der Waals surface area contributed by atoms with Crippen LogP contribution in [0.3, 0.4) is 0 Å². The Morgan fingerprint density at radius 1 is 1.24 bits per heavy atom. The van der Waals surface area contributed by atoms with Crippen molar-refractivity contribution in [2.75, 3.05) is 0 Å². The van der Waals surface area contributed by atoms with E-state index in [2.05, 4.69) is 64.4 Å². The molecule has 2 heterocycles. The number of nitrogens with zero attached hydrogens (tertiary/aromatic N) is 4. The largest absolute Gasteiger partial charge is 0.340 e. The Morgan fingerprint density at radius 2 is 2.10 bits per heavy atom. The molecule has 0 radical (unpaired) electrons. The lowest BCUT2D eigenvalue weighted by molar-refractivity contribution is 0.590. The lowest BCUT2D eigenvalue weighted by Crippen LogP contribution is -2.21. The van der Waals surface area contributed by atoms with E-state index in [-0.39, 0.29) is 0 Å². The van der Waals surface area contributed by atoms with E-state index >= 15 is 0 Å². The smallest absolute Gasteiger partial charge is 0.152 e. The van der Waals surface area contributed by atoms with Gasteiger partial charge >= 0.3 is 0 Å². The maximum absolute atomic E-state index is 4.16. The summed E-state index contributed by atoms with van der Waals surface area (Å²) in [6.45, 7) is 5.96. The quantitative estimate of drug-likeness (QED) is 0.781. The van der Waals surface area contributed by atoms with Gasteiger partial charge in [0.25, 0.3) is 0 Å². The molecule has 0 saturated heterocycles. The molecule has 0 amide bonds. The zero-order valence-electron chi connectivity index (χ0n) is 12.7. The molecular formula is C16H21N5. The third-order valence-corrected chi connectivity index (χ3v) is 3.72. The van der Waals surface area contributed by atoms with E-state index in [9.17, 15) is 0 Å². The zero-order valence-corrected chi connectivity index (χ0v) is 12.7. The number of aryl methyl sites for hydroxylation is 1. The lowest BCUT2D eigenvalue weighted by atomic mass is 10.1. The molecule has 3 aromatic rings. The van der Waals surface area contributed by atoms with Crippen molar-refractivity contribution in [3.05, 3.63) is 48.2 Å². The van der Waals surface area contributed by atoms with Crippen molar-refractivity contribution in [1.82, 2.24) is 24.6 Å². The fourth-order valence-electron chi connectivity index (χ4n) is 2.50. The Labute approximate surface area is 124 Å². The molecule has 0 saturated carbocycles. The molecule has 0 bridgehead atoms.